The first-order valence-corrected chi connectivity index (χ1v) is 7.91. The predicted octanol–water partition coefficient (Wildman–Crippen LogP) is 3.82. The summed E-state index contributed by atoms with van der Waals surface area (Å²) in [6.07, 6.45) is 18.4. The summed E-state index contributed by atoms with van der Waals surface area (Å²) in [4.78, 5) is 0. The van der Waals surface area contributed by atoms with E-state index >= 15 is 0 Å². The van der Waals surface area contributed by atoms with E-state index in [0.717, 1.165) is 6.61 Å². The monoisotopic (exact) mass is 267 g/mol. The lowest BCUT2D eigenvalue weighted by atomic mass is 10.1. The summed E-state index contributed by atoms with van der Waals surface area (Å²) >= 11 is 0. The van der Waals surface area contributed by atoms with E-state index in [4.69, 9.17) is 4.74 Å². The Morgan fingerprint density at radius 1 is 0.947 bits per heavy atom. The maximum absolute atomic E-state index is 5.64. The van der Waals surface area contributed by atoms with Crippen LogP contribution in [-0.2, 0) is 18.5 Å². The standard InChI is InChI=1S/C16H31N2O/c1-3-4-5-6-7-8-9-10-11-14-19-16-18-13-12-17(2)15-18/h12-13,15H,3-11,14,16H2,1-2H3/q+1. The number of aromatic nitrogens is 2. The molecule has 19 heavy (non-hydrogen) atoms. The first-order chi connectivity index (χ1) is 9.33. The number of unbranched alkanes of at least 4 members (excludes halogenated alkanes) is 8. The molecular formula is C16H31N2O+. The molecular weight excluding hydrogens is 236 g/mol. The summed E-state index contributed by atoms with van der Waals surface area (Å²) in [5, 5.41) is 0. The molecule has 0 amide bonds. The van der Waals surface area contributed by atoms with Crippen molar-refractivity contribution >= 4 is 0 Å². The molecule has 0 aliphatic heterocycles. The first kappa shape index (κ1) is 16.2. The van der Waals surface area contributed by atoms with Crippen molar-refractivity contribution in [2.45, 2.75) is 71.4 Å². The average molecular weight is 267 g/mol. The van der Waals surface area contributed by atoms with Gasteiger partial charge in [-0.3, -0.25) is 0 Å². The van der Waals surface area contributed by atoms with Gasteiger partial charge in [0.2, 0.25) is 6.33 Å². The minimum absolute atomic E-state index is 0.678. The molecule has 110 valence electrons. The maximum atomic E-state index is 5.64. The molecule has 3 nitrogen and oxygen atoms in total. The Bertz CT molecular complexity index is 309. The quantitative estimate of drug-likeness (QED) is 0.416. The lowest BCUT2D eigenvalue weighted by Gasteiger charge is -2.03. The number of nitrogens with zero attached hydrogens (tertiary/aromatic N) is 2. The van der Waals surface area contributed by atoms with Crippen LogP contribution in [0.25, 0.3) is 0 Å². The van der Waals surface area contributed by atoms with Gasteiger partial charge in [-0.2, -0.15) is 0 Å². The molecule has 1 heterocycles. The summed E-state index contributed by atoms with van der Waals surface area (Å²) in [6, 6.07) is 0. The second-order valence-electron chi connectivity index (χ2n) is 5.46. The van der Waals surface area contributed by atoms with Crippen LogP contribution in [0.15, 0.2) is 18.7 Å². The van der Waals surface area contributed by atoms with Crippen molar-refractivity contribution in [3.8, 4) is 0 Å². The van der Waals surface area contributed by atoms with Crippen LogP contribution >= 0.6 is 0 Å². The van der Waals surface area contributed by atoms with Gasteiger partial charge in [-0.05, 0) is 6.42 Å². The van der Waals surface area contributed by atoms with Gasteiger partial charge in [0.15, 0.2) is 6.73 Å². The zero-order valence-electron chi connectivity index (χ0n) is 12.8. The zero-order valence-corrected chi connectivity index (χ0v) is 12.8. The highest BCUT2D eigenvalue weighted by Gasteiger charge is 1.98. The minimum atomic E-state index is 0.678. The van der Waals surface area contributed by atoms with Crippen LogP contribution in [0.4, 0.5) is 0 Å². The van der Waals surface area contributed by atoms with Gasteiger partial charge in [0.1, 0.15) is 12.4 Å². The van der Waals surface area contributed by atoms with Crippen LogP contribution in [0, 0.1) is 0 Å². The number of aryl methyl sites for hydroxylation is 1. The van der Waals surface area contributed by atoms with Gasteiger partial charge in [0, 0.05) is 0 Å². The summed E-state index contributed by atoms with van der Waals surface area (Å²) < 4.78 is 9.74. The molecule has 0 aromatic carbocycles. The Balaban J connectivity index is 1.79. The molecule has 1 rings (SSSR count). The van der Waals surface area contributed by atoms with Gasteiger partial charge >= 0.3 is 0 Å². The Kier molecular flexibility index (Phi) is 9.42. The molecule has 1 aromatic rings. The fraction of sp³-hybridized carbons (Fsp3) is 0.812. The maximum Gasteiger partial charge on any atom is 0.245 e. The summed E-state index contributed by atoms with van der Waals surface area (Å²) in [7, 11) is 2.02. The Morgan fingerprint density at radius 3 is 2.16 bits per heavy atom. The Hall–Kier alpha value is -0.830. The molecule has 0 unspecified atom stereocenters. The van der Waals surface area contributed by atoms with Gasteiger partial charge < -0.3 is 4.74 Å². The smallest absolute Gasteiger partial charge is 0.245 e. The van der Waals surface area contributed by atoms with E-state index in [1.54, 1.807) is 0 Å². The average Bonchev–Trinajstić information content (AvgIpc) is 2.82. The minimum Gasteiger partial charge on any atom is -0.342 e. The van der Waals surface area contributed by atoms with Crippen molar-refractivity contribution in [2.24, 2.45) is 7.05 Å². The van der Waals surface area contributed by atoms with Crippen LogP contribution in [0.5, 0.6) is 0 Å². The van der Waals surface area contributed by atoms with Crippen LogP contribution < -0.4 is 4.57 Å². The van der Waals surface area contributed by atoms with E-state index in [9.17, 15) is 0 Å². The van der Waals surface area contributed by atoms with Crippen molar-refractivity contribution in [1.29, 1.82) is 0 Å². The van der Waals surface area contributed by atoms with Crippen molar-refractivity contribution in [1.82, 2.24) is 4.57 Å². The topological polar surface area (TPSA) is 18.0 Å². The highest BCUT2D eigenvalue weighted by Crippen LogP contribution is 2.09. The van der Waals surface area contributed by atoms with Crippen molar-refractivity contribution < 1.29 is 9.30 Å². The molecule has 0 bridgehead atoms. The molecule has 0 spiro atoms. The zero-order chi connectivity index (χ0) is 13.8. The molecule has 0 aliphatic carbocycles. The predicted molar refractivity (Wildman–Crippen MR) is 78.8 cm³/mol. The molecule has 0 saturated heterocycles. The lowest BCUT2D eigenvalue weighted by molar-refractivity contribution is -0.732. The summed E-state index contributed by atoms with van der Waals surface area (Å²) in [6.45, 7) is 3.84. The molecule has 0 N–H and O–H groups in total. The second-order valence-corrected chi connectivity index (χ2v) is 5.46. The first-order valence-electron chi connectivity index (χ1n) is 7.91. The number of hydrogen-bond donors (Lipinski definition) is 0. The van der Waals surface area contributed by atoms with E-state index in [1.807, 2.05) is 30.3 Å². The fourth-order valence-electron chi connectivity index (χ4n) is 2.26. The lowest BCUT2D eigenvalue weighted by Crippen LogP contribution is -2.32. The van der Waals surface area contributed by atoms with Crippen LogP contribution in [0.3, 0.4) is 0 Å². The van der Waals surface area contributed by atoms with E-state index in [2.05, 4.69) is 11.5 Å². The van der Waals surface area contributed by atoms with Gasteiger partial charge in [0.05, 0.1) is 13.7 Å². The number of ether oxygens (including phenoxy) is 1. The van der Waals surface area contributed by atoms with Crippen LogP contribution in [0.2, 0.25) is 0 Å². The summed E-state index contributed by atoms with van der Waals surface area (Å²) in [5.41, 5.74) is 0. The third-order valence-electron chi connectivity index (χ3n) is 3.46. The molecule has 0 saturated carbocycles. The molecule has 0 aliphatic rings. The second kappa shape index (κ2) is 11.0. The van der Waals surface area contributed by atoms with E-state index in [0.29, 0.717) is 6.73 Å². The molecule has 3 heteroatoms. The highest BCUT2D eigenvalue weighted by atomic mass is 16.5. The Morgan fingerprint density at radius 2 is 1.58 bits per heavy atom. The van der Waals surface area contributed by atoms with Gasteiger partial charge in [0.25, 0.3) is 0 Å². The van der Waals surface area contributed by atoms with Crippen LogP contribution in [0.1, 0.15) is 64.7 Å². The number of rotatable bonds is 12. The molecule has 0 radical (unpaired) electrons. The van der Waals surface area contributed by atoms with Crippen molar-refractivity contribution in [2.75, 3.05) is 6.61 Å². The van der Waals surface area contributed by atoms with Gasteiger partial charge in [-0.15, -0.1) is 0 Å². The van der Waals surface area contributed by atoms with E-state index < -0.39 is 0 Å². The van der Waals surface area contributed by atoms with Crippen LogP contribution in [-0.4, -0.2) is 11.2 Å². The molecule has 1 aromatic heterocycles. The third-order valence-corrected chi connectivity index (χ3v) is 3.46. The molecule has 0 atom stereocenters. The molecule has 0 fully saturated rings. The van der Waals surface area contributed by atoms with Crippen molar-refractivity contribution in [3.63, 3.8) is 0 Å². The SMILES string of the molecule is CCCCCCCCCCCOC[n+]1ccn(C)c1. The normalized spacial score (nSPS) is 11.1. The number of hydrogen-bond acceptors (Lipinski definition) is 1. The van der Waals surface area contributed by atoms with Gasteiger partial charge in [-0.25, -0.2) is 9.13 Å². The third kappa shape index (κ3) is 8.82. The Labute approximate surface area is 118 Å². The van der Waals surface area contributed by atoms with E-state index in [1.165, 1.54) is 57.8 Å². The highest BCUT2D eigenvalue weighted by molar-refractivity contribution is 4.61. The largest absolute Gasteiger partial charge is 0.342 e. The summed E-state index contributed by atoms with van der Waals surface area (Å²) in [5.74, 6) is 0. The number of imidazole rings is 1. The fourth-order valence-corrected chi connectivity index (χ4v) is 2.26. The van der Waals surface area contributed by atoms with Crippen molar-refractivity contribution in [3.05, 3.63) is 18.7 Å². The van der Waals surface area contributed by atoms with Gasteiger partial charge in [-0.1, -0.05) is 58.3 Å². The van der Waals surface area contributed by atoms with E-state index in [-0.39, 0.29) is 0 Å².